The summed E-state index contributed by atoms with van der Waals surface area (Å²) in [6, 6.07) is 14.9. The Kier molecular flexibility index (Phi) is 3.59. The summed E-state index contributed by atoms with van der Waals surface area (Å²) >= 11 is 3.46. The lowest BCUT2D eigenvalue weighted by molar-refractivity contribution is 0.103. The Hall–Kier alpha value is -1.61. The number of rotatable bonds is 3. The van der Waals surface area contributed by atoms with Gasteiger partial charge < -0.3 is 5.32 Å². The molecule has 2 aromatic carbocycles. The fraction of sp³-hybridized carbons (Fsp3) is 0.0714. The minimum absolute atomic E-state index is 0.0228. The van der Waals surface area contributed by atoms with Gasteiger partial charge in [-0.05, 0) is 28.1 Å². The highest BCUT2D eigenvalue weighted by Gasteiger charge is 2.13. The first kappa shape index (κ1) is 11.9. The predicted molar refractivity (Wildman–Crippen MR) is 73.6 cm³/mol. The Morgan fingerprint density at radius 3 is 2.41 bits per heavy atom. The lowest BCUT2D eigenvalue weighted by Gasteiger charge is -2.08. The highest BCUT2D eigenvalue weighted by Crippen LogP contribution is 2.27. The summed E-state index contributed by atoms with van der Waals surface area (Å²) in [6.07, 6.45) is 0. The normalized spacial score (nSPS) is 10.0. The van der Waals surface area contributed by atoms with Crippen LogP contribution >= 0.6 is 15.9 Å². The standard InChI is InChI=1S/C14H12BrNO/c1-16-12-9-5-8-11(13(12)15)14(17)10-6-3-2-4-7-10/h2-9,16H,1H3. The Morgan fingerprint density at radius 1 is 1.06 bits per heavy atom. The van der Waals surface area contributed by atoms with Crippen molar-refractivity contribution < 1.29 is 4.79 Å². The SMILES string of the molecule is CNc1cccc(C(=O)c2ccccc2)c1Br. The van der Waals surface area contributed by atoms with Crippen LogP contribution in [0.2, 0.25) is 0 Å². The Bertz CT molecular complexity index is 537. The first-order chi connectivity index (χ1) is 8.24. The summed E-state index contributed by atoms with van der Waals surface area (Å²) in [5, 5.41) is 3.04. The molecular formula is C14H12BrNO. The van der Waals surface area contributed by atoms with Gasteiger partial charge in [0.1, 0.15) is 0 Å². The molecule has 2 rings (SSSR count). The molecule has 86 valence electrons. The van der Waals surface area contributed by atoms with Gasteiger partial charge in [0.2, 0.25) is 0 Å². The minimum Gasteiger partial charge on any atom is -0.387 e. The van der Waals surface area contributed by atoms with Gasteiger partial charge in [-0.15, -0.1) is 0 Å². The van der Waals surface area contributed by atoms with E-state index < -0.39 is 0 Å². The average molecular weight is 290 g/mol. The summed E-state index contributed by atoms with van der Waals surface area (Å²) in [5.74, 6) is 0.0228. The molecule has 0 aliphatic heterocycles. The number of nitrogens with one attached hydrogen (secondary N) is 1. The van der Waals surface area contributed by atoms with Crippen molar-refractivity contribution in [2.45, 2.75) is 0 Å². The van der Waals surface area contributed by atoms with E-state index >= 15 is 0 Å². The number of carbonyl (C=O) groups excluding carboxylic acids is 1. The van der Waals surface area contributed by atoms with Gasteiger partial charge in [-0.1, -0.05) is 36.4 Å². The predicted octanol–water partition coefficient (Wildman–Crippen LogP) is 3.72. The lowest BCUT2D eigenvalue weighted by atomic mass is 10.0. The van der Waals surface area contributed by atoms with Gasteiger partial charge in [0.25, 0.3) is 0 Å². The first-order valence-corrected chi connectivity index (χ1v) is 6.09. The highest BCUT2D eigenvalue weighted by atomic mass is 79.9. The third-order valence-corrected chi connectivity index (χ3v) is 3.40. The van der Waals surface area contributed by atoms with Gasteiger partial charge in [0.05, 0.1) is 4.47 Å². The molecule has 0 radical (unpaired) electrons. The monoisotopic (exact) mass is 289 g/mol. The van der Waals surface area contributed by atoms with Crippen molar-refractivity contribution in [1.82, 2.24) is 0 Å². The molecule has 17 heavy (non-hydrogen) atoms. The van der Waals surface area contributed by atoms with Crippen LogP contribution in [0.25, 0.3) is 0 Å². The van der Waals surface area contributed by atoms with Crippen LogP contribution in [0.3, 0.4) is 0 Å². The smallest absolute Gasteiger partial charge is 0.194 e. The van der Waals surface area contributed by atoms with Gasteiger partial charge in [-0.25, -0.2) is 0 Å². The first-order valence-electron chi connectivity index (χ1n) is 5.30. The molecule has 0 fully saturated rings. The van der Waals surface area contributed by atoms with Crippen LogP contribution in [0.4, 0.5) is 5.69 Å². The number of ketones is 1. The molecule has 0 atom stereocenters. The molecule has 2 aromatic rings. The average Bonchev–Trinajstić information content (AvgIpc) is 2.39. The molecule has 0 aliphatic rings. The number of halogens is 1. The van der Waals surface area contributed by atoms with Crippen LogP contribution in [0.5, 0.6) is 0 Å². The molecule has 0 aliphatic carbocycles. The van der Waals surface area contributed by atoms with E-state index in [9.17, 15) is 4.79 Å². The molecular weight excluding hydrogens is 278 g/mol. The summed E-state index contributed by atoms with van der Waals surface area (Å²) in [4.78, 5) is 12.3. The van der Waals surface area contributed by atoms with Gasteiger partial charge in [0, 0.05) is 23.9 Å². The van der Waals surface area contributed by atoms with Crippen molar-refractivity contribution in [3.63, 3.8) is 0 Å². The Morgan fingerprint density at radius 2 is 1.76 bits per heavy atom. The molecule has 0 unspecified atom stereocenters. The lowest BCUT2D eigenvalue weighted by Crippen LogP contribution is -2.03. The van der Waals surface area contributed by atoms with E-state index in [1.54, 1.807) is 0 Å². The van der Waals surface area contributed by atoms with Crippen molar-refractivity contribution in [2.75, 3.05) is 12.4 Å². The van der Waals surface area contributed by atoms with E-state index in [-0.39, 0.29) is 5.78 Å². The van der Waals surface area contributed by atoms with Crippen LogP contribution in [0.1, 0.15) is 15.9 Å². The van der Waals surface area contributed by atoms with Crippen LogP contribution < -0.4 is 5.32 Å². The maximum Gasteiger partial charge on any atom is 0.194 e. The summed E-state index contributed by atoms with van der Waals surface area (Å²) < 4.78 is 0.802. The third kappa shape index (κ3) is 2.39. The minimum atomic E-state index is 0.0228. The number of carbonyl (C=O) groups is 1. The van der Waals surface area contributed by atoms with Gasteiger partial charge in [-0.3, -0.25) is 4.79 Å². The molecule has 0 aromatic heterocycles. The van der Waals surface area contributed by atoms with Crippen LogP contribution in [0, 0.1) is 0 Å². The highest BCUT2D eigenvalue weighted by molar-refractivity contribution is 9.10. The second kappa shape index (κ2) is 5.15. The molecule has 0 amide bonds. The topological polar surface area (TPSA) is 29.1 Å². The molecule has 0 heterocycles. The third-order valence-electron chi connectivity index (χ3n) is 2.55. The summed E-state index contributed by atoms with van der Waals surface area (Å²) in [6.45, 7) is 0. The molecule has 0 spiro atoms. The number of hydrogen-bond donors (Lipinski definition) is 1. The van der Waals surface area contributed by atoms with Crippen LogP contribution in [-0.4, -0.2) is 12.8 Å². The van der Waals surface area contributed by atoms with E-state index in [4.69, 9.17) is 0 Å². The molecule has 3 heteroatoms. The van der Waals surface area contributed by atoms with Crippen LogP contribution in [0.15, 0.2) is 53.0 Å². The van der Waals surface area contributed by atoms with E-state index in [0.717, 1.165) is 10.2 Å². The van der Waals surface area contributed by atoms with Gasteiger partial charge >= 0.3 is 0 Å². The summed E-state index contributed by atoms with van der Waals surface area (Å²) in [5.41, 5.74) is 2.27. The van der Waals surface area contributed by atoms with Crippen molar-refractivity contribution in [3.8, 4) is 0 Å². The fourth-order valence-electron chi connectivity index (χ4n) is 1.65. The maximum atomic E-state index is 12.3. The number of anilines is 1. The zero-order valence-electron chi connectivity index (χ0n) is 9.41. The zero-order valence-corrected chi connectivity index (χ0v) is 11.0. The van der Waals surface area contributed by atoms with Gasteiger partial charge in [-0.2, -0.15) is 0 Å². The zero-order chi connectivity index (χ0) is 12.3. The molecule has 2 nitrogen and oxygen atoms in total. The van der Waals surface area contributed by atoms with E-state index in [2.05, 4.69) is 21.2 Å². The van der Waals surface area contributed by atoms with Crippen LogP contribution in [-0.2, 0) is 0 Å². The van der Waals surface area contributed by atoms with E-state index in [0.29, 0.717) is 11.1 Å². The van der Waals surface area contributed by atoms with Crippen molar-refractivity contribution >= 4 is 27.4 Å². The van der Waals surface area contributed by atoms with Crippen molar-refractivity contribution in [3.05, 3.63) is 64.1 Å². The van der Waals surface area contributed by atoms with E-state index in [1.807, 2.05) is 55.6 Å². The van der Waals surface area contributed by atoms with Gasteiger partial charge in [0.15, 0.2) is 5.78 Å². The molecule has 1 N–H and O–H groups in total. The largest absolute Gasteiger partial charge is 0.387 e. The quantitative estimate of drug-likeness (QED) is 0.873. The second-order valence-corrected chi connectivity index (χ2v) is 4.41. The number of benzene rings is 2. The maximum absolute atomic E-state index is 12.3. The van der Waals surface area contributed by atoms with Crippen molar-refractivity contribution in [2.24, 2.45) is 0 Å². The molecule has 0 saturated carbocycles. The molecule has 0 bridgehead atoms. The van der Waals surface area contributed by atoms with Crippen molar-refractivity contribution in [1.29, 1.82) is 0 Å². The Labute approximate surface area is 109 Å². The number of hydrogen-bond acceptors (Lipinski definition) is 2. The molecule has 0 saturated heterocycles. The second-order valence-electron chi connectivity index (χ2n) is 3.61. The fourth-order valence-corrected chi connectivity index (χ4v) is 2.29. The summed E-state index contributed by atoms with van der Waals surface area (Å²) in [7, 11) is 1.83. The Balaban J connectivity index is 2.45. The van der Waals surface area contributed by atoms with E-state index in [1.165, 1.54) is 0 Å².